The van der Waals surface area contributed by atoms with E-state index in [9.17, 15) is 13.2 Å². The minimum Gasteiger partial charge on any atom is -0.379 e. The topological polar surface area (TPSA) is 87.7 Å². The molecule has 1 fully saturated rings. The number of thiocarbonyl (C=S) groups is 1. The fraction of sp³-hybridized carbons (Fsp3) is 0.222. The average Bonchev–Trinajstić information content (AvgIpc) is 2.69. The van der Waals surface area contributed by atoms with Crippen molar-refractivity contribution in [3.8, 4) is 0 Å². The molecule has 0 spiro atoms. The minimum atomic E-state index is -3.54. The average molecular weight is 406 g/mol. The summed E-state index contributed by atoms with van der Waals surface area (Å²) in [6.45, 7) is 1.48. The molecule has 0 atom stereocenters. The van der Waals surface area contributed by atoms with Gasteiger partial charge in [-0.25, -0.2) is 8.42 Å². The molecule has 1 heterocycles. The molecule has 0 unspecified atom stereocenters. The van der Waals surface area contributed by atoms with E-state index in [0.717, 1.165) is 0 Å². The Morgan fingerprint density at radius 2 is 1.63 bits per heavy atom. The Morgan fingerprint density at radius 3 is 2.26 bits per heavy atom. The van der Waals surface area contributed by atoms with Gasteiger partial charge in [-0.1, -0.05) is 18.2 Å². The molecular weight excluding hydrogens is 386 g/mol. The summed E-state index contributed by atoms with van der Waals surface area (Å²) in [5, 5.41) is 5.59. The molecule has 142 valence electrons. The number of morpholine rings is 1. The van der Waals surface area contributed by atoms with E-state index in [1.807, 2.05) is 6.07 Å². The second-order valence-corrected chi connectivity index (χ2v) is 8.16. The van der Waals surface area contributed by atoms with Crippen LogP contribution in [0.15, 0.2) is 59.5 Å². The first-order valence-corrected chi connectivity index (χ1v) is 10.2. The largest absolute Gasteiger partial charge is 0.379 e. The van der Waals surface area contributed by atoms with E-state index in [-0.39, 0.29) is 15.9 Å². The van der Waals surface area contributed by atoms with Crippen molar-refractivity contribution in [3.05, 3.63) is 60.2 Å². The maximum atomic E-state index is 12.6. The number of hydrogen-bond acceptors (Lipinski definition) is 5. The number of ether oxygens (including phenoxy) is 1. The molecule has 0 bridgehead atoms. The highest BCUT2D eigenvalue weighted by molar-refractivity contribution is 7.89. The van der Waals surface area contributed by atoms with E-state index in [1.165, 1.54) is 16.4 Å². The van der Waals surface area contributed by atoms with E-state index in [1.54, 1.807) is 36.4 Å². The molecule has 1 amide bonds. The Labute approximate surface area is 163 Å². The van der Waals surface area contributed by atoms with Gasteiger partial charge >= 0.3 is 0 Å². The molecule has 0 saturated carbocycles. The van der Waals surface area contributed by atoms with Crippen molar-refractivity contribution in [1.82, 2.24) is 9.62 Å². The van der Waals surface area contributed by atoms with Crippen molar-refractivity contribution in [2.24, 2.45) is 0 Å². The van der Waals surface area contributed by atoms with Crippen LogP contribution >= 0.6 is 12.2 Å². The van der Waals surface area contributed by atoms with E-state index in [0.29, 0.717) is 37.6 Å². The lowest BCUT2D eigenvalue weighted by Gasteiger charge is -2.26. The van der Waals surface area contributed by atoms with Crippen LogP contribution in [0.25, 0.3) is 0 Å². The highest BCUT2D eigenvalue weighted by atomic mass is 32.2. The fourth-order valence-electron chi connectivity index (χ4n) is 2.57. The lowest BCUT2D eigenvalue weighted by atomic mass is 10.2. The molecule has 2 aromatic rings. The van der Waals surface area contributed by atoms with E-state index < -0.39 is 10.0 Å². The molecule has 0 radical (unpaired) electrons. The number of carbonyl (C=O) groups excluding carboxylic acids is 1. The van der Waals surface area contributed by atoms with Crippen LogP contribution in [-0.4, -0.2) is 50.0 Å². The zero-order valence-corrected chi connectivity index (χ0v) is 16.1. The van der Waals surface area contributed by atoms with Crippen LogP contribution < -0.4 is 10.6 Å². The van der Waals surface area contributed by atoms with Gasteiger partial charge in [0.25, 0.3) is 5.91 Å². The summed E-state index contributed by atoms with van der Waals surface area (Å²) >= 11 is 5.14. The van der Waals surface area contributed by atoms with Crippen molar-refractivity contribution in [2.75, 3.05) is 31.6 Å². The minimum absolute atomic E-state index is 0.132. The third kappa shape index (κ3) is 4.89. The molecule has 0 aromatic heterocycles. The molecule has 2 N–H and O–H groups in total. The first-order chi connectivity index (χ1) is 13.0. The van der Waals surface area contributed by atoms with E-state index >= 15 is 0 Å². The monoisotopic (exact) mass is 405 g/mol. The van der Waals surface area contributed by atoms with Crippen molar-refractivity contribution in [1.29, 1.82) is 0 Å². The first-order valence-electron chi connectivity index (χ1n) is 8.32. The predicted molar refractivity (Wildman–Crippen MR) is 106 cm³/mol. The Balaban J connectivity index is 1.62. The van der Waals surface area contributed by atoms with Crippen molar-refractivity contribution in [2.45, 2.75) is 4.90 Å². The lowest BCUT2D eigenvalue weighted by molar-refractivity contribution is 0.0730. The van der Waals surface area contributed by atoms with E-state index in [4.69, 9.17) is 17.0 Å². The van der Waals surface area contributed by atoms with Crippen LogP contribution in [-0.2, 0) is 14.8 Å². The molecule has 3 rings (SSSR count). The molecule has 1 saturated heterocycles. The van der Waals surface area contributed by atoms with Crippen molar-refractivity contribution >= 4 is 38.9 Å². The third-order valence-electron chi connectivity index (χ3n) is 3.98. The summed E-state index contributed by atoms with van der Waals surface area (Å²) in [6, 6.07) is 14.9. The van der Waals surface area contributed by atoms with Gasteiger partial charge < -0.3 is 10.1 Å². The predicted octanol–water partition coefficient (Wildman–Crippen LogP) is 1.83. The van der Waals surface area contributed by atoms with Crippen LogP contribution in [0.3, 0.4) is 0 Å². The second kappa shape index (κ2) is 8.57. The SMILES string of the molecule is O=C(NC(=S)Nc1ccc(S(=O)(=O)N2CCOCC2)cc1)c1ccccc1. The molecule has 2 aromatic carbocycles. The van der Waals surface area contributed by atoms with Gasteiger partial charge in [0.15, 0.2) is 5.11 Å². The van der Waals surface area contributed by atoms with Gasteiger partial charge in [-0.2, -0.15) is 4.31 Å². The quantitative estimate of drug-likeness (QED) is 0.755. The highest BCUT2D eigenvalue weighted by Gasteiger charge is 2.26. The summed E-state index contributed by atoms with van der Waals surface area (Å²) in [5.74, 6) is -0.320. The molecule has 9 heteroatoms. The Bertz CT molecular complexity index is 909. The summed E-state index contributed by atoms with van der Waals surface area (Å²) < 4.78 is 31.8. The van der Waals surface area contributed by atoms with Crippen LogP contribution in [0.5, 0.6) is 0 Å². The third-order valence-corrected chi connectivity index (χ3v) is 6.10. The number of amides is 1. The van der Waals surface area contributed by atoms with Gasteiger partial charge in [0, 0.05) is 24.3 Å². The Kier molecular flexibility index (Phi) is 6.17. The summed E-state index contributed by atoms with van der Waals surface area (Å²) in [5.41, 5.74) is 1.07. The number of nitrogens with one attached hydrogen (secondary N) is 2. The highest BCUT2D eigenvalue weighted by Crippen LogP contribution is 2.19. The zero-order chi connectivity index (χ0) is 19.3. The number of hydrogen-bond donors (Lipinski definition) is 2. The van der Waals surface area contributed by atoms with Gasteiger partial charge in [0.05, 0.1) is 18.1 Å². The van der Waals surface area contributed by atoms with Gasteiger partial charge in [-0.15, -0.1) is 0 Å². The normalized spacial score (nSPS) is 15.1. The lowest BCUT2D eigenvalue weighted by Crippen LogP contribution is -2.40. The zero-order valence-electron chi connectivity index (χ0n) is 14.4. The number of rotatable bonds is 4. The Morgan fingerprint density at radius 1 is 1.00 bits per heavy atom. The molecule has 7 nitrogen and oxygen atoms in total. The van der Waals surface area contributed by atoms with Gasteiger partial charge in [0.1, 0.15) is 0 Å². The summed E-state index contributed by atoms with van der Waals surface area (Å²) in [6.07, 6.45) is 0. The molecule has 0 aliphatic carbocycles. The van der Waals surface area contributed by atoms with Gasteiger partial charge in [-0.3, -0.25) is 10.1 Å². The van der Waals surface area contributed by atoms with Crippen LogP contribution in [0.2, 0.25) is 0 Å². The Hall–Kier alpha value is -2.33. The van der Waals surface area contributed by atoms with Crippen molar-refractivity contribution < 1.29 is 17.9 Å². The number of sulfonamides is 1. The number of anilines is 1. The van der Waals surface area contributed by atoms with Crippen molar-refractivity contribution in [3.63, 3.8) is 0 Å². The number of nitrogens with zero attached hydrogens (tertiary/aromatic N) is 1. The maximum Gasteiger partial charge on any atom is 0.257 e. The van der Waals surface area contributed by atoms with Crippen LogP contribution in [0, 0.1) is 0 Å². The first kappa shape index (κ1) is 19.4. The molecule has 27 heavy (non-hydrogen) atoms. The van der Waals surface area contributed by atoms with Crippen LogP contribution in [0.1, 0.15) is 10.4 Å². The van der Waals surface area contributed by atoms with Gasteiger partial charge in [-0.05, 0) is 48.6 Å². The summed E-state index contributed by atoms with van der Waals surface area (Å²) in [4.78, 5) is 12.3. The number of benzene rings is 2. The smallest absolute Gasteiger partial charge is 0.257 e. The molecule has 1 aliphatic heterocycles. The van der Waals surface area contributed by atoms with Gasteiger partial charge in [0.2, 0.25) is 10.0 Å². The molecular formula is C18H19N3O4S2. The maximum absolute atomic E-state index is 12.6. The molecule has 1 aliphatic rings. The fourth-order valence-corrected chi connectivity index (χ4v) is 4.19. The second-order valence-electron chi connectivity index (χ2n) is 5.82. The standard InChI is InChI=1S/C18H19N3O4S2/c22-17(14-4-2-1-3-5-14)20-18(26)19-15-6-8-16(9-7-15)27(23,24)21-10-12-25-13-11-21/h1-9H,10-13H2,(H2,19,20,22,26). The van der Waals surface area contributed by atoms with Crippen LogP contribution in [0.4, 0.5) is 5.69 Å². The summed E-state index contributed by atoms with van der Waals surface area (Å²) in [7, 11) is -3.54. The van der Waals surface area contributed by atoms with E-state index in [2.05, 4.69) is 10.6 Å². The number of carbonyl (C=O) groups is 1.